The van der Waals surface area contributed by atoms with E-state index >= 15 is 0 Å². The molecule has 1 aliphatic heterocycles. The number of guanidine groups is 1. The average molecular weight is 533 g/mol. The van der Waals surface area contributed by atoms with E-state index in [1.165, 1.54) is 0 Å². The zero-order chi connectivity index (χ0) is 20.5. The smallest absolute Gasteiger partial charge is 0.191 e. The monoisotopic (exact) mass is 532 g/mol. The van der Waals surface area contributed by atoms with Crippen LogP contribution < -0.4 is 10.6 Å². The molecule has 1 aliphatic rings. The van der Waals surface area contributed by atoms with Crippen molar-refractivity contribution in [3.05, 3.63) is 0 Å². The highest BCUT2D eigenvalue weighted by molar-refractivity contribution is 14.0. The van der Waals surface area contributed by atoms with Crippen LogP contribution in [0.15, 0.2) is 4.99 Å². The summed E-state index contributed by atoms with van der Waals surface area (Å²) in [6.07, 6.45) is 2.27. The van der Waals surface area contributed by atoms with Crippen LogP contribution in [-0.4, -0.2) is 82.3 Å². The highest BCUT2D eigenvalue weighted by atomic mass is 127. The SMILES string of the molecule is CCC(CC)C(CNC(=NC)NCCS(=O)(=O)C(C)(C)C)N1CCOCC1.I. The molecule has 1 heterocycles. The van der Waals surface area contributed by atoms with Crippen molar-refractivity contribution in [3.8, 4) is 0 Å². The Kier molecular flexibility index (Phi) is 13.2. The Balaban J connectivity index is 0.00000729. The number of nitrogens with one attached hydrogen (secondary N) is 2. The lowest BCUT2D eigenvalue weighted by molar-refractivity contribution is 0.00272. The van der Waals surface area contributed by atoms with Crippen molar-refractivity contribution in [2.75, 3.05) is 52.2 Å². The van der Waals surface area contributed by atoms with Crippen LogP contribution in [0.3, 0.4) is 0 Å². The van der Waals surface area contributed by atoms with E-state index < -0.39 is 14.6 Å². The number of nitrogens with zero attached hydrogens (tertiary/aromatic N) is 2. The molecule has 0 aromatic rings. The van der Waals surface area contributed by atoms with Crippen LogP contribution in [0.1, 0.15) is 47.5 Å². The van der Waals surface area contributed by atoms with Gasteiger partial charge >= 0.3 is 0 Å². The molecule has 1 fully saturated rings. The maximum absolute atomic E-state index is 12.2. The van der Waals surface area contributed by atoms with E-state index in [1.807, 2.05) is 0 Å². The first-order valence-corrected chi connectivity index (χ1v) is 11.8. The Morgan fingerprint density at radius 3 is 2.18 bits per heavy atom. The molecule has 0 saturated carbocycles. The number of hydrogen-bond acceptors (Lipinski definition) is 5. The number of rotatable bonds is 9. The minimum Gasteiger partial charge on any atom is -0.379 e. The molecule has 0 aliphatic carbocycles. The van der Waals surface area contributed by atoms with Gasteiger partial charge in [0.1, 0.15) is 0 Å². The molecule has 2 N–H and O–H groups in total. The number of hydrogen-bond donors (Lipinski definition) is 2. The van der Waals surface area contributed by atoms with Crippen LogP contribution in [0.2, 0.25) is 0 Å². The van der Waals surface area contributed by atoms with Gasteiger partial charge in [0.05, 0.1) is 23.7 Å². The molecule has 168 valence electrons. The van der Waals surface area contributed by atoms with E-state index in [0.717, 1.165) is 45.7 Å². The van der Waals surface area contributed by atoms with Gasteiger partial charge in [-0.1, -0.05) is 26.7 Å². The lowest BCUT2D eigenvalue weighted by atomic mass is 9.92. The molecular formula is C19H41IN4O3S. The van der Waals surface area contributed by atoms with Gasteiger partial charge in [-0.2, -0.15) is 0 Å². The van der Waals surface area contributed by atoms with E-state index in [0.29, 0.717) is 24.5 Å². The summed E-state index contributed by atoms with van der Waals surface area (Å²) in [5, 5.41) is 6.55. The van der Waals surface area contributed by atoms with Gasteiger partial charge in [0.2, 0.25) is 0 Å². The summed E-state index contributed by atoms with van der Waals surface area (Å²) in [4.78, 5) is 6.76. The fourth-order valence-electron chi connectivity index (χ4n) is 3.37. The van der Waals surface area contributed by atoms with Gasteiger partial charge in [0.15, 0.2) is 15.8 Å². The lowest BCUT2D eigenvalue weighted by Gasteiger charge is -2.39. The average Bonchev–Trinajstić information content (AvgIpc) is 2.63. The Bertz CT molecular complexity index is 554. The molecule has 7 nitrogen and oxygen atoms in total. The second kappa shape index (κ2) is 13.2. The Labute approximate surface area is 189 Å². The predicted octanol–water partition coefficient (Wildman–Crippen LogP) is 2.12. The first kappa shape index (κ1) is 27.9. The maximum atomic E-state index is 12.2. The third-order valence-corrected chi connectivity index (χ3v) is 8.01. The second-order valence-corrected chi connectivity index (χ2v) is 11.0. The molecule has 0 radical (unpaired) electrons. The Hall–Kier alpha value is -0.130. The van der Waals surface area contributed by atoms with Crippen molar-refractivity contribution in [3.63, 3.8) is 0 Å². The number of ether oxygens (including phenoxy) is 1. The van der Waals surface area contributed by atoms with Crippen molar-refractivity contribution in [2.24, 2.45) is 10.9 Å². The number of aliphatic imine (C=N–C) groups is 1. The third kappa shape index (κ3) is 8.71. The van der Waals surface area contributed by atoms with Crippen LogP contribution >= 0.6 is 24.0 Å². The van der Waals surface area contributed by atoms with E-state index in [-0.39, 0.29) is 29.7 Å². The second-order valence-electron chi connectivity index (χ2n) is 8.10. The van der Waals surface area contributed by atoms with Crippen LogP contribution in [0.5, 0.6) is 0 Å². The van der Waals surface area contributed by atoms with E-state index in [9.17, 15) is 8.42 Å². The Morgan fingerprint density at radius 2 is 1.71 bits per heavy atom. The standard InChI is InChI=1S/C19H40N4O3S.HI/c1-7-16(8-2)17(23-10-12-26-13-11-23)15-22-18(20-6)21-9-14-27(24,25)19(3,4)5;/h16-17H,7-15H2,1-6H3,(H2,20,21,22);1H. The zero-order valence-corrected chi connectivity index (χ0v) is 21.6. The topological polar surface area (TPSA) is 83.0 Å². The predicted molar refractivity (Wildman–Crippen MR) is 129 cm³/mol. The van der Waals surface area contributed by atoms with E-state index in [2.05, 4.69) is 34.4 Å². The van der Waals surface area contributed by atoms with Gasteiger partial charge < -0.3 is 15.4 Å². The molecule has 9 heteroatoms. The first-order chi connectivity index (χ1) is 12.7. The summed E-state index contributed by atoms with van der Waals surface area (Å²) in [5.41, 5.74) is 0. The van der Waals surface area contributed by atoms with Crippen LogP contribution in [0.4, 0.5) is 0 Å². The van der Waals surface area contributed by atoms with Gasteiger partial charge in [-0.3, -0.25) is 9.89 Å². The highest BCUT2D eigenvalue weighted by Gasteiger charge is 2.29. The summed E-state index contributed by atoms with van der Waals surface area (Å²) in [6.45, 7) is 14.3. The molecular weight excluding hydrogens is 491 g/mol. The lowest BCUT2D eigenvalue weighted by Crippen LogP contribution is -2.53. The number of halogens is 1. The van der Waals surface area contributed by atoms with Crippen molar-refractivity contribution in [1.29, 1.82) is 0 Å². The summed E-state index contributed by atoms with van der Waals surface area (Å²) in [7, 11) is -1.42. The number of sulfone groups is 1. The Morgan fingerprint density at radius 1 is 1.14 bits per heavy atom. The van der Waals surface area contributed by atoms with Crippen molar-refractivity contribution >= 4 is 39.8 Å². The molecule has 1 unspecified atom stereocenters. The normalized spacial score (nSPS) is 17.9. The first-order valence-electron chi connectivity index (χ1n) is 10.1. The molecule has 0 spiro atoms. The molecule has 1 saturated heterocycles. The minimum atomic E-state index is -3.14. The minimum absolute atomic E-state index is 0. The zero-order valence-electron chi connectivity index (χ0n) is 18.5. The largest absolute Gasteiger partial charge is 0.379 e. The van der Waals surface area contributed by atoms with Crippen molar-refractivity contribution in [1.82, 2.24) is 15.5 Å². The molecule has 1 rings (SSSR count). The summed E-state index contributed by atoms with van der Waals surface area (Å²) in [5.74, 6) is 1.36. The molecule has 0 aromatic carbocycles. The van der Waals surface area contributed by atoms with Crippen LogP contribution in [-0.2, 0) is 14.6 Å². The van der Waals surface area contributed by atoms with Gasteiger partial charge in [0, 0.05) is 39.3 Å². The van der Waals surface area contributed by atoms with Crippen molar-refractivity contribution < 1.29 is 13.2 Å². The third-order valence-electron chi connectivity index (χ3n) is 5.41. The number of morpholine rings is 1. The highest BCUT2D eigenvalue weighted by Crippen LogP contribution is 2.19. The van der Waals surface area contributed by atoms with Gasteiger partial charge in [0.25, 0.3) is 0 Å². The summed E-state index contributed by atoms with van der Waals surface area (Å²) in [6, 6.07) is 0.417. The van der Waals surface area contributed by atoms with Crippen molar-refractivity contribution in [2.45, 2.75) is 58.2 Å². The molecule has 0 bridgehead atoms. The quantitative estimate of drug-likeness (QED) is 0.269. The van der Waals surface area contributed by atoms with Gasteiger partial charge in [-0.05, 0) is 26.7 Å². The van der Waals surface area contributed by atoms with Gasteiger partial charge in [-0.25, -0.2) is 8.42 Å². The fraction of sp³-hybridized carbons (Fsp3) is 0.947. The van der Waals surface area contributed by atoms with Crippen LogP contribution in [0.25, 0.3) is 0 Å². The molecule has 0 amide bonds. The molecule has 0 aromatic heterocycles. The molecule has 28 heavy (non-hydrogen) atoms. The summed E-state index contributed by atoms with van der Waals surface area (Å²) >= 11 is 0. The molecule has 1 atom stereocenters. The van der Waals surface area contributed by atoms with E-state index in [4.69, 9.17) is 4.74 Å². The maximum Gasteiger partial charge on any atom is 0.191 e. The van der Waals surface area contributed by atoms with Crippen LogP contribution in [0, 0.1) is 5.92 Å². The summed E-state index contributed by atoms with van der Waals surface area (Å²) < 4.78 is 29.3. The van der Waals surface area contributed by atoms with Gasteiger partial charge in [-0.15, -0.1) is 24.0 Å². The van der Waals surface area contributed by atoms with E-state index in [1.54, 1.807) is 27.8 Å². The fourth-order valence-corrected chi connectivity index (χ4v) is 4.35.